The van der Waals surface area contributed by atoms with E-state index in [1.165, 1.54) is 24.3 Å². The molecule has 0 aliphatic carbocycles. The lowest BCUT2D eigenvalue weighted by Gasteiger charge is -2.29. The van der Waals surface area contributed by atoms with Crippen LogP contribution in [0.5, 0.6) is 0 Å². The van der Waals surface area contributed by atoms with Crippen molar-refractivity contribution >= 4 is 40.6 Å². The molecule has 0 radical (unpaired) electrons. The third kappa shape index (κ3) is 6.08. The van der Waals surface area contributed by atoms with E-state index in [1.807, 2.05) is 48.5 Å². The first-order chi connectivity index (χ1) is 18.4. The lowest BCUT2D eigenvalue weighted by Crippen LogP contribution is -2.31. The van der Waals surface area contributed by atoms with E-state index in [9.17, 15) is 25.0 Å². The first-order valence-electron chi connectivity index (χ1n) is 11.6. The molecule has 0 spiro atoms. The van der Waals surface area contributed by atoms with Crippen molar-refractivity contribution in [2.24, 2.45) is 0 Å². The van der Waals surface area contributed by atoms with Gasteiger partial charge < -0.3 is 16.0 Å². The number of thioether (sulfide) groups is 1. The number of benzene rings is 3. The maximum atomic E-state index is 13.4. The van der Waals surface area contributed by atoms with Crippen molar-refractivity contribution in [1.29, 1.82) is 5.26 Å². The third-order valence-electron chi connectivity index (χ3n) is 5.77. The summed E-state index contributed by atoms with van der Waals surface area (Å²) in [5, 5.41) is 30.2. The minimum atomic E-state index is -0.633. The maximum absolute atomic E-state index is 13.4. The van der Waals surface area contributed by atoms with E-state index < -0.39 is 10.8 Å². The Morgan fingerprint density at radius 2 is 1.58 bits per heavy atom. The van der Waals surface area contributed by atoms with Gasteiger partial charge in [-0.3, -0.25) is 19.7 Å². The minimum Gasteiger partial charge on any atom is -0.353 e. The molecule has 9 nitrogen and oxygen atoms in total. The van der Waals surface area contributed by atoms with Crippen molar-refractivity contribution in [1.82, 2.24) is 5.32 Å². The van der Waals surface area contributed by atoms with Crippen LogP contribution in [0.25, 0.3) is 0 Å². The van der Waals surface area contributed by atoms with Crippen LogP contribution < -0.4 is 16.0 Å². The van der Waals surface area contributed by atoms with Gasteiger partial charge in [0.05, 0.1) is 33.3 Å². The quantitative estimate of drug-likeness (QED) is 0.268. The van der Waals surface area contributed by atoms with Crippen LogP contribution in [0.2, 0.25) is 0 Å². The topological polar surface area (TPSA) is 137 Å². The van der Waals surface area contributed by atoms with Crippen molar-refractivity contribution in [3.63, 3.8) is 0 Å². The molecule has 1 heterocycles. The number of amides is 2. The van der Waals surface area contributed by atoms with Crippen LogP contribution in [0.1, 0.15) is 18.4 Å². The Bertz CT molecular complexity index is 1460. The summed E-state index contributed by atoms with van der Waals surface area (Å²) in [6.45, 7) is 1.77. The average Bonchev–Trinajstić information content (AvgIpc) is 2.92. The number of nitriles is 1. The van der Waals surface area contributed by atoms with E-state index in [1.54, 1.807) is 19.1 Å². The smallest absolute Gasteiger partial charge is 0.269 e. The molecule has 190 valence electrons. The van der Waals surface area contributed by atoms with E-state index in [4.69, 9.17) is 0 Å². The van der Waals surface area contributed by atoms with Gasteiger partial charge in [0.25, 0.3) is 11.6 Å². The van der Waals surface area contributed by atoms with Crippen molar-refractivity contribution in [3.05, 3.63) is 122 Å². The van der Waals surface area contributed by atoms with E-state index >= 15 is 0 Å². The van der Waals surface area contributed by atoms with E-state index in [-0.39, 0.29) is 23.3 Å². The van der Waals surface area contributed by atoms with Gasteiger partial charge in [0.1, 0.15) is 0 Å². The second kappa shape index (κ2) is 11.9. The summed E-state index contributed by atoms with van der Waals surface area (Å²) in [6, 6.07) is 26.1. The second-order valence-electron chi connectivity index (χ2n) is 8.32. The van der Waals surface area contributed by atoms with Gasteiger partial charge in [-0.05, 0) is 36.8 Å². The van der Waals surface area contributed by atoms with Crippen LogP contribution in [-0.2, 0) is 9.59 Å². The van der Waals surface area contributed by atoms with E-state index in [2.05, 4.69) is 22.0 Å². The van der Waals surface area contributed by atoms with Gasteiger partial charge in [-0.1, -0.05) is 60.3 Å². The fraction of sp³-hybridized carbons (Fsp3) is 0.107. The van der Waals surface area contributed by atoms with Crippen LogP contribution in [0.3, 0.4) is 0 Å². The summed E-state index contributed by atoms with van der Waals surface area (Å²) in [5.74, 6) is -1.33. The van der Waals surface area contributed by atoms with Crippen LogP contribution in [0.4, 0.5) is 17.1 Å². The van der Waals surface area contributed by atoms with Gasteiger partial charge in [-0.15, -0.1) is 0 Å². The molecule has 0 saturated heterocycles. The molecule has 1 aliphatic rings. The summed E-state index contributed by atoms with van der Waals surface area (Å²) < 4.78 is 0. The zero-order valence-electron chi connectivity index (χ0n) is 20.3. The number of carbonyl (C=O) groups is 2. The number of para-hydroxylation sites is 1. The van der Waals surface area contributed by atoms with Gasteiger partial charge in [0.2, 0.25) is 5.91 Å². The molecule has 0 fully saturated rings. The zero-order valence-corrected chi connectivity index (χ0v) is 21.1. The highest BCUT2D eigenvalue weighted by atomic mass is 32.2. The number of nitro benzene ring substituents is 1. The third-order valence-corrected chi connectivity index (χ3v) is 6.78. The van der Waals surface area contributed by atoms with Crippen molar-refractivity contribution < 1.29 is 14.5 Å². The van der Waals surface area contributed by atoms with Crippen LogP contribution in [0, 0.1) is 21.4 Å². The number of nitrogens with one attached hydrogen (secondary N) is 3. The van der Waals surface area contributed by atoms with Gasteiger partial charge >= 0.3 is 0 Å². The molecule has 0 saturated carbocycles. The molecular formula is C28H23N5O4S. The molecule has 0 aromatic heterocycles. The van der Waals surface area contributed by atoms with Crippen LogP contribution >= 0.6 is 11.8 Å². The van der Waals surface area contributed by atoms with Crippen molar-refractivity contribution in [3.8, 4) is 6.07 Å². The molecule has 3 aromatic rings. The molecule has 38 heavy (non-hydrogen) atoms. The molecule has 10 heteroatoms. The average molecular weight is 526 g/mol. The lowest BCUT2D eigenvalue weighted by molar-refractivity contribution is -0.384. The Morgan fingerprint density at radius 1 is 0.974 bits per heavy atom. The highest BCUT2D eigenvalue weighted by Gasteiger charge is 2.34. The highest BCUT2D eigenvalue weighted by Crippen LogP contribution is 2.41. The molecule has 1 aliphatic heterocycles. The first-order valence-corrected chi connectivity index (χ1v) is 12.6. The van der Waals surface area contributed by atoms with Crippen LogP contribution in [0.15, 0.2) is 107 Å². The van der Waals surface area contributed by atoms with E-state index in [0.29, 0.717) is 33.2 Å². The number of allylic oxidation sites excluding steroid dienone is 2. The molecule has 2 amide bonds. The largest absolute Gasteiger partial charge is 0.353 e. The first kappa shape index (κ1) is 26.2. The molecule has 3 aromatic carbocycles. The van der Waals surface area contributed by atoms with Gasteiger partial charge in [0.15, 0.2) is 0 Å². The van der Waals surface area contributed by atoms with E-state index in [0.717, 1.165) is 17.3 Å². The summed E-state index contributed by atoms with van der Waals surface area (Å²) in [6.07, 6.45) is 0. The Morgan fingerprint density at radius 3 is 2.18 bits per heavy atom. The monoisotopic (exact) mass is 525 g/mol. The Kier molecular flexibility index (Phi) is 8.20. The normalized spacial score (nSPS) is 14.8. The van der Waals surface area contributed by atoms with Gasteiger partial charge in [-0.25, -0.2) is 0 Å². The standard InChI is InChI=1S/C28H23N5O4S/c1-18-25(27(35)32-20-10-6-3-7-11-20)26(19-8-4-2-5-9-19)23(16-29)28(30-18)38-17-24(34)31-21-12-14-22(15-13-21)33(36)37/h2-15,26,30H,17H2,1H3,(H,31,34)(H,32,35)/t26-/m0/s1. The Hall–Kier alpha value is -4.88. The SMILES string of the molecule is CC1=C(C(=O)Nc2ccccc2)[C@@H](c2ccccc2)C(C#N)=C(SCC(=O)Nc2ccc([N+](=O)[O-])cc2)N1. The fourth-order valence-corrected chi connectivity index (χ4v) is 4.92. The zero-order chi connectivity index (χ0) is 27.1. The number of anilines is 2. The molecule has 0 unspecified atom stereocenters. The number of non-ortho nitro benzene ring substituents is 1. The number of rotatable bonds is 8. The number of nitro groups is 1. The second-order valence-corrected chi connectivity index (χ2v) is 9.31. The Balaban J connectivity index is 1.57. The number of nitrogens with zero attached hydrogens (tertiary/aromatic N) is 2. The predicted octanol–water partition coefficient (Wildman–Crippen LogP) is 5.30. The molecule has 4 rings (SSSR count). The number of hydrogen-bond donors (Lipinski definition) is 3. The summed E-state index contributed by atoms with van der Waals surface area (Å²) in [5.41, 5.74) is 3.07. The number of carbonyl (C=O) groups excluding carboxylic acids is 2. The minimum absolute atomic E-state index is 0.0230. The fourth-order valence-electron chi connectivity index (χ4n) is 4.03. The van der Waals surface area contributed by atoms with Crippen molar-refractivity contribution in [2.75, 3.05) is 16.4 Å². The summed E-state index contributed by atoms with van der Waals surface area (Å²) in [4.78, 5) is 36.3. The lowest BCUT2D eigenvalue weighted by atomic mass is 9.82. The highest BCUT2D eigenvalue weighted by molar-refractivity contribution is 8.03. The number of hydrogen-bond acceptors (Lipinski definition) is 7. The molecule has 1 atom stereocenters. The Labute approximate surface area is 223 Å². The van der Waals surface area contributed by atoms with Gasteiger partial charge in [-0.2, -0.15) is 5.26 Å². The summed E-state index contributed by atoms with van der Waals surface area (Å²) >= 11 is 1.15. The van der Waals surface area contributed by atoms with Crippen molar-refractivity contribution in [2.45, 2.75) is 12.8 Å². The molecule has 0 bridgehead atoms. The maximum Gasteiger partial charge on any atom is 0.269 e. The predicted molar refractivity (Wildman–Crippen MR) is 147 cm³/mol. The van der Waals surface area contributed by atoms with Gasteiger partial charge in [0, 0.05) is 34.8 Å². The van der Waals surface area contributed by atoms with Crippen LogP contribution in [-0.4, -0.2) is 22.5 Å². The molecular weight excluding hydrogens is 502 g/mol. The number of dihydropyridines is 1. The molecule has 3 N–H and O–H groups in total. The summed E-state index contributed by atoms with van der Waals surface area (Å²) in [7, 11) is 0.